The van der Waals surface area contributed by atoms with Crippen LogP contribution in [-0.2, 0) is 4.79 Å². The summed E-state index contributed by atoms with van der Waals surface area (Å²) in [6, 6.07) is 3.99. The molecule has 1 amide bonds. The number of benzene rings is 1. The Morgan fingerprint density at radius 1 is 1.28 bits per heavy atom. The van der Waals surface area contributed by atoms with Crippen LogP contribution in [0.3, 0.4) is 0 Å². The Labute approximate surface area is 104 Å². The summed E-state index contributed by atoms with van der Waals surface area (Å²) in [5, 5.41) is 29.9. The first-order valence-electron chi connectivity index (χ1n) is 5.42. The molecule has 1 unspecified atom stereocenters. The molecule has 0 bridgehead atoms. The van der Waals surface area contributed by atoms with Gasteiger partial charge in [-0.2, -0.15) is 0 Å². The first kappa shape index (κ1) is 13.8. The van der Waals surface area contributed by atoms with E-state index >= 15 is 0 Å². The van der Waals surface area contributed by atoms with Crippen LogP contribution in [0.2, 0.25) is 0 Å². The lowest BCUT2D eigenvalue weighted by Gasteiger charge is -2.11. The van der Waals surface area contributed by atoms with Crippen molar-refractivity contribution >= 4 is 11.9 Å². The van der Waals surface area contributed by atoms with Crippen LogP contribution < -0.4 is 5.32 Å². The number of hydrogen-bond acceptors (Lipinski definition) is 4. The van der Waals surface area contributed by atoms with Gasteiger partial charge >= 0.3 is 5.97 Å². The summed E-state index contributed by atoms with van der Waals surface area (Å²) in [4.78, 5) is 22.1. The average Bonchev–Trinajstić information content (AvgIpc) is 2.25. The summed E-state index contributed by atoms with van der Waals surface area (Å²) in [5.41, 5.74) is -0.208. The standard InChI is InChI=1S/C12H15NO5/c1-7(5-10(16)17)6-13-12(18)11-8(14)3-2-4-9(11)15/h2-4,7,14-15H,5-6H2,1H3,(H,13,18)(H,16,17). The van der Waals surface area contributed by atoms with Gasteiger partial charge < -0.3 is 20.6 Å². The van der Waals surface area contributed by atoms with Gasteiger partial charge in [0.05, 0.1) is 0 Å². The van der Waals surface area contributed by atoms with E-state index in [2.05, 4.69) is 5.32 Å². The number of phenolic OH excluding ortho intramolecular Hbond substituents is 2. The number of rotatable bonds is 5. The first-order chi connectivity index (χ1) is 8.41. The third-order valence-corrected chi connectivity index (χ3v) is 2.38. The monoisotopic (exact) mass is 253 g/mol. The molecule has 6 heteroatoms. The van der Waals surface area contributed by atoms with Crippen LogP contribution in [0.4, 0.5) is 0 Å². The summed E-state index contributed by atoms with van der Waals surface area (Å²) < 4.78 is 0. The number of amides is 1. The molecule has 0 fully saturated rings. The molecule has 1 aromatic rings. The number of nitrogens with one attached hydrogen (secondary N) is 1. The minimum absolute atomic E-state index is 0.0625. The molecule has 18 heavy (non-hydrogen) atoms. The van der Waals surface area contributed by atoms with Gasteiger partial charge in [-0.1, -0.05) is 13.0 Å². The Kier molecular flexibility index (Phi) is 4.53. The van der Waals surface area contributed by atoms with E-state index in [1.54, 1.807) is 6.92 Å². The van der Waals surface area contributed by atoms with Crippen molar-refractivity contribution in [3.05, 3.63) is 23.8 Å². The van der Waals surface area contributed by atoms with E-state index in [1.165, 1.54) is 18.2 Å². The van der Waals surface area contributed by atoms with Gasteiger partial charge in [-0.25, -0.2) is 0 Å². The van der Waals surface area contributed by atoms with E-state index in [9.17, 15) is 19.8 Å². The van der Waals surface area contributed by atoms with Crippen LogP contribution in [0.25, 0.3) is 0 Å². The maximum Gasteiger partial charge on any atom is 0.303 e. The van der Waals surface area contributed by atoms with Crippen molar-refractivity contribution in [3.63, 3.8) is 0 Å². The normalized spacial score (nSPS) is 11.8. The lowest BCUT2D eigenvalue weighted by Crippen LogP contribution is -2.29. The molecule has 6 nitrogen and oxygen atoms in total. The van der Waals surface area contributed by atoms with Gasteiger partial charge in [0.25, 0.3) is 5.91 Å². The number of carboxylic acids is 1. The van der Waals surface area contributed by atoms with Crippen molar-refractivity contribution in [3.8, 4) is 11.5 Å². The van der Waals surface area contributed by atoms with Crippen LogP contribution >= 0.6 is 0 Å². The van der Waals surface area contributed by atoms with E-state index in [0.717, 1.165) is 0 Å². The van der Waals surface area contributed by atoms with E-state index in [1.807, 2.05) is 0 Å². The maximum atomic E-state index is 11.7. The lowest BCUT2D eigenvalue weighted by molar-refractivity contribution is -0.137. The Morgan fingerprint density at radius 2 is 1.83 bits per heavy atom. The molecule has 0 aliphatic carbocycles. The highest BCUT2D eigenvalue weighted by Gasteiger charge is 2.17. The van der Waals surface area contributed by atoms with Gasteiger partial charge in [-0.05, 0) is 18.1 Å². The molecule has 1 rings (SSSR count). The summed E-state index contributed by atoms with van der Waals surface area (Å²) >= 11 is 0. The topological polar surface area (TPSA) is 107 Å². The molecule has 0 spiro atoms. The second-order valence-electron chi connectivity index (χ2n) is 4.08. The number of carboxylic acid groups (broad SMARTS) is 1. The predicted molar refractivity (Wildman–Crippen MR) is 63.5 cm³/mol. The molecule has 0 radical (unpaired) electrons. The fraction of sp³-hybridized carbons (Fsp3) is 0.333. The molecular weight excluding hydrogens is 238 g/mol. The number of carbonyl (C=O) groups excluding carboxylic acids is 1. The zero-order valence-electron chi connectivity index (χ0n) is 9.88. The molecule has 4 N–H and O–H groups in total. The second-order valence-corrected chi connectivity index (χ2v) is 4.08. The third kappa shape index (κ3) is 3.65. The highest BCUT2D eigenvalue weighted by molar-refractivity contribution is 5.99. The smallest absolute Gasteiger partial charge is 0.303 e. The summed E-state index contributed by atoms with van der Waals surface area (Å²) in [6.45, 7) is 1.83. The van der Waals surface area contributed by atoms with Gasteiger partial charge in [-0.3, -0.25) is 9.59 Å². The van der Waals surface area contributed by atoms with E-state index < -0.39 is 11.9 Å². The Hall–Kier alpha value is -2.24. The van der Waals surface area contributed by atoms with Gasteiger partial charge in [0.2, 0.25) is 0 Å². The predicted octanol–water partition coefficient (Wildman–Crippen LogP) is 0.938. The molecule has 0 aliphatic rings. The zero-order valence-corrected chi connectivity index (χ0v) is 9.88. The van der Waals surface area contributed by atoms with Gasteiger partial charge in [-0.15, -0.1) is 0 Å². The number of hydrogen-bond donors (Lipinski definition) is 4. The molecule has 0 saturated carbocycles. The fourth-order valence-electron chi connectivity index (χ4n) is 1.49. The van der Waals surface area contributed by atoms with Crippen LogP contribution in [0.15, 0.2) is 18.2 Å². The summed E-state index contributed by atoms with van der Waals surface area (Å²) in [6.07, 6.45) is -0.0625. The SMILES string of the molecule is CC(CNC(=O)c1c(O)cccc1O)CC(=O)O. The number of aliphatic carboxylic acids is 1. The first-order valence-corrected chi connectivity index (χ1v) is 5.42. The quantitative estimate of drug-likeness (QED) is 0.624. The van der Waals surface area contributed by atoms with Crippen molar-refractivity contribution in [2.75, 3.05) is 6.54 Å². The molecule has 1 atom stereocenters. The highest BCUT2D eigenvalue weighted by atomic mass is 16.4. The summed E-state index contributed by atoms with van der Waals surface area (Å²) in [5.74, 6) is -2.46. The Balaban J connectivity index is 2.63. The summed E-state index contributed by atoms with van der Waals surface area (Å²) in [7, 11) is 0. The minimum Gasteiger partial charge on any atom is -0.507 e. The molecule has 98 valence electrons. The second kappa shape index (κ2) is 5.90. The maximum absolute atomic E-state index is 11.7. The van der Waals surface area contributed by atoms with E-state index in [-0.39, 0.29) is 35.9 Å². The van der Waals surface area contributed by atoms with Crippen molar-refractivity contribution in [1.29, 1.82) is 0 Å². The Morgan fingerprint density at radius 3 is 2.33 bits per heavy atom. The minimum atomic E-state index is -0.942. The third-order valence-electron chi connectivity index (χ3n) is 2.38. The zero-order chi connectivity index (χ0) is 13.7. The van der Waals surface area contributed by atoms with E-state index in [4.69, 9.17) is 5.11 Å². The molecule has 0 heterocycles. The number of aromatic hydroxyl groups is 2. The van der Waals surface area contributed by atoms with Crippen molar-refractivity contribution in [2.24, 2.45) is 5.92 Å². The fourth-order valence-corrected chi connectivity index (χ4v) is 1.49. The molecule has 0 aliphatic heterocycles. The van der Waals surface area contributed by atoms with Gasteiger partial charge in [0, 0.05) is 13.0 Å². The molecule has 1 aromatic carbocycles. The molecule has 0 saturated heterocycles. The number of phenols is 2. The van der Waals surface area contributed by atoms with Crippen LogP contribution in [-0.4, -0.2) is 33.7 Å². The Bertz CT molecular complexity index is 438. The highest BCUT2D eigenvalue weighted by Crippen LogP contribution is 2.25. The average molecular weight is 253 g/mol. The van der Waals surface area contributed by atoms with Crippen LogP contribution in [0, 0.1) is 5.92 Å². The van der Waals surface area contributed by atoms with Gasteiger partial charge in [0.1, 0.15) is 17.1 Å². The molecular formula is C12H15NO5. The number of carbonyl (C=O) groups is 2. The van der Waals surface area contributed by atoms with E-state index in [0.29, 0.717) is 0 Å². The van der Waals surface area contributed by atoms with Crippen molar-refractivity contribution in [1.82, 2.24) is 5.32 Å². The van der Waals surface area contributed by atoms with Crippen LogP contribution in [0.1, 0.15) is 23.7 Å². The molecule has 0 aromatic heterocycles. The van der Waals surface area contributed by atoms with Gasteiger partial charge in [0.15, 0.2) is 0 Å². The van der Waals surface area contributed by atoms with Crippen molar-refractivity contribution in [2.45, 2.75) is 13.3 Å². The van der Waals surface area contributed by atoms with Crippen molar-refractivity contribution < 1.29 is 24.9 Å². The largest absolute Gasteiger partial charge is 0.507 e. The van der Waals surface area contributed by atoms with Crippen LogP contribution in [0.5, 0.6) is 11.5 Å². The lowest BCUT2D eigenvalue weighted by atomic mass is 10.1.